The summed E-state index contributed by atoms with van der Waals surface area (Å²) in [6.45, 7) is 4.08. The molecular weight excluding hydrogens is 274 g/mol. The van der Waals surface area contributed by atoms with Gasteiger partial charge in [-0.1, -0.05) is 0 Å². The zero-order chi connectivity index (χ0) is 14.9. The molecule has 0 spiro atoms. The molecule has 0 unspecified atom stereocenters. The Balaban J connectivity index is 2.28. The van der Waals surface area contributed by atoms with Gasteiger partial charge in [0.15, 0.2) is 5.11 Å². The highest BCUT2D eigenvalue weighted by molar-refractivity contribution is 7.80. The quantitative estimate of drug-likeness (QED) is 0.435. The molecule has 0 N–H and O–H groups in total. The summed E-state index contributed by atoms with van der Waals surface area (Å²) in [5.74, 6) is -0.674. The maximum Gasteiger partial charge on any atom is 0.265 e. The molecule has 2 aliphatic heterocycles. The van der Waals surface area contributed by atoms with Crippen molar-refractivity contribution in [2.24, 2.45) is 0 Å². The highest BCUT2D eigenvalue weighted by Gasteiger charge is 2.35. The summed E-state index contributed by atoms with van der Waals surface area (Å²) < 4.78 is 0. The number of likely N-dealkylation sites (tertiary alicyclic amines) is 1. The Bertz CT molecular complexity index is 499. The summed E-state index contributed by atoms with van der Waals surface area (Å²) in [5.41, 5.74) is 1.35. The molecule has 2 heterocycles. The first kappa shape index (κ1) is 14.7. The van der Waals surface area contributed by atoms with Gasteiger partial charge < -0.3 is 4.90 Å². The summed E-state index contributed by atoms with van der Waals surface area (Å²) in [6.07, 6.45) is 5.62. The fourth-order valence-corrected chi connectivity index (χ4v) is 2.64. The summed E-state index contributed by atoms with van der Waals surface area (Å²) in [7, 11) is 3.17. The predicted molar refractivity (Wildman–Crippen MR) is 80.8 cm³/mol. The standard InChI is InChI=1S/C14H19N3O2S/c1-4-17-9-5-6-10(17)7-8-11-12(18)15(2)14(20)16(3)13(11)19/h7-8H,4-6,9H2,1-3H3. The molecule has 2 aliphatic rings. The van der Waals surface area contributed by atoms with Crippen LogP contribution in [0.1, 0.15) is 19.8 Å². The van der Waals surface area contributed by atoms with Crippen molar-refractivity contribution >= 4 is 29.1 Å². The van der Waals surface area contributed by atoms with E-state index in [0.29, 0.717) is 0 Å². The van der Waals surface area contributed by atoms with Crippen molar-refractivity contribution in [1.82, 2.24) is 14.7 Å². The van der Waals surface area contributed by atoms with E-state index in [4.69, 9.17) is 12.2 Å². The van der Waals surface area contributed by atoms with Crippen LogP contribution in [-0.4, -0.2) is 58.8 Å². The van der Waals surface area contributed by atoms with Crippen LogP contribution in [0.5, 0.6) is 0 Å². The molecule has 0 aliphatic carbocycles. The minimum atomic E-state index is -0.337. The van der Waals surface area contributed by atoms with Gasteiger partial charge in [-0.15, -0.1) is 0 Å². The van der Waals surface area contributed by atoms with E-state index in [1.807, 2.05) is 6.08 Å². The lowest BCUT2D eigenvalue weighted by Crippen LogP contribution is -2.52. The third-order valence-corrected chi connectivity index (χ3v) is 4.28. The minimum Gasteiger partial charge on any atom is -0.375 e. The fraction of sp³-hybridized carbons (Fsp3) is 0.500. The molecular formula is C14H19N3O2S. The number of amides is 2. The first-order valence-corrected chi connectivity index (χ1v) is 7.14. The molecule has 6 heteroatoms. The zero-order valence-corrected chi connectivity index (χ0v) is 12.9. The van der Waals surface area contributed by atoms with Crippen LogP contribution in [0, 0.1) is 0 Å². The number of carbonyl (C=O) groups excluding carboxylic acids is 2. The highest BCUT2D eigenvalue weighted by Crippen LogP contribution is 2.21. The molecule has 0 saturated carbocycles. The van der Waals surface area contributed by atoms with Gasteiger partial charge in [0, 0.05) is 32.9 Å². The molecule has 0 aromatic heterocycles. The van der Waals surface area contributed by atoms with E-state index in [1.165, 1.54) is 15.5 Å². The number of thiocarbonyl (C=S) groups is 1. The molecule has 0 aromatic carbocycles. The molecule has 2 saturated heterocycles. The second-order valence-corrected chi connectivity index (χ2v) is 5.30. The fourth-order valence-electron chi connectivity index (χ4n) is 2.48. The van der Waals surface area contributed by atoms with Crippen molar-refractivity contribution in [1.29, 1.82) is 0 Å². The van der Waals surface area contributed by atoms with E-state index in [-0.39, 0.29) is 22.5 Å². The van der Waals surface area contributed by atoms with Gasteiger partial charge >= 0.3 is 0 Å². The Morgan fingerprint density at radius 1 is 1.15 bits per heavy atom. The zero-order valence-electron chi connectivity index (χ0n) is 12.0. The average molecular weight is 293 g/mol. The summed E-state index contributed by atoms with van der Waals surface area (Å²) in [6, 6.07) is 0. The molecule has 0 radical (unpaired) electrons. The van der Waals surface area contributed by atoms with Gasteiger partial charge in [-0.2, -0.15) is 0 Å². The highest BCUT2D eigenvalue weighted by atomic mass is 32.1. The molecule has 2 rings (SSSR count). The molecule has 0 atom stereocenters. The molecule has 5 nitrogen and oxygen atoms in total. The van der Waals surface area contributed by atoms with Crippen LogP contribution < -0.4 is 0 Å². The van der Waals surface area contributed by atoms with Gasteiger partial charge in [0.2, 0.25) is 0 Å². The number of allylic oxidation sites excluding steroid dienone is 3. The maximum atomic E-state index is 12.1. The second kappa shape index (κ2) is 5.75. The molecule has 0 aromatic rings. The van der Waals surface area contributed by atoms with Crippen molar-refractivity contribution < 1.29 is 9.59 Å². The lowest BCUT2D eigenvalue weighted by molar-refractivity contribution is -0.132. The number of hydrogen-bond acceptors (Lipinski definition) is 4. The normalized spacial score (nSPS) is 22.4. The number of hydrogen-bond donors (Lipinski definition) is 0. The van der Waals surface area contributed by atoms with E-state index in [2.05, 4.69) is 11.8 Å². The van der Waals surface area contributed by atoms with E-state index in [1.54, 1.807) is 20.2 Å². The van der Waals surface area contributed by atoms with E-state index in [0.717, 1.165) is 25.9 Å². The Kier molecular flexibility index (Phi) is 4.23. The number of nitrogens with zero attached hydrogens (tertiary/aromatic N) is 3. The van der Waals surface area contributed by atoms with E-state index in [9.17, 15) is 9.59 Å². The Hall–Kier alpha value is -1.69. The van der Waals surface area contributed by atoms with Crippen LogP contribution in [-0.2, 0) is 9.59 Å². The summed E-state index contributed by atoms with van der Waals surface area (Å²) in [4.78, 5) is 29.2. The monoisotopic (exact) mass is 293 g/mol. The van der Waals surface area contributed by atoms with Crippen molar-refractivity contribution in [2.75, 3.05) is 27.2 Å². The maximum absolute atomic E-state index is 12.1. The first-order chi connectivity index (χ1) is 9.47. The minimum absolute atomic E-state index is 0.166. The summed E-state index contributed by atoms with van der Waals surface area (Å²) >= 11 is 5.05. The van der Waals surface area contributed by atoms with Crippen molar-refractivity contribution in [3.8, 4) is 0 Å². The molecule has 20 heavy (non-hydrogen) atoms. The topological polar surface area (TPSA) is 43.9 Å². The largest absolute Gasteiger partial charge is 0.375 e. The number of carbonyl (C=O) groups is 2. The lowest BCUT2D eigenvalue weighted by atomic mass is 10.1. The average Bonchev–Trinajstić information content (AvgIpc) is 2.90. The van der Waals surface area contributed by atoms with Crippen molar-refractivity contribution in [3.63, 3.8) is 0 Å². The van der Waals surface area contributed by atoms with Gasteiger partial charge in [-0.25, -0.2) is 0 Å². The van der Waals surface area contributed by atoms with Gasteiger partial charge in [-0.3, -0.25) is 19.4 Å². The molecule has 2 fully saturated rings. The molecule has 108 valence electrons. The van der Waals surface area contributed by atoms with Gasteiger partial charge in [0.1, 0.15) is 5.57 Å². The predicted octanol–water partition coefficient (Wildman–Crippen LogP) is 1.13. The van der Waals surface area contributed by atoms with Crippen LogP contribution in [0.2, 0.25) is 0 Å². The third kappa shape index (κ3) is 2.47. The van der Waals surface area contributed by atoms with Gasteiger partial charge in [0.25, 0.3) is 11.8 Å². The number of rotatable bonds is 2. The number of likely N-dealkylation sites (N-methyl/N-ethyl adjacent to an activating group) is 2. The SMILES string of the molecule is CCN1CCCC1=CC=C1C(=O)N(C)C(=S)N(C)C1=O. The molecule has 0 bridgehead atoms. The van der Waals surface area contributed by atoms with Crippen LogP contribution in [0.15, 0.2) is 23.4 Å². The first-order valence-electron chi connectivity index (χ1n) is 6.73. The Morgan fingerprint density at radius 2 is 1.75 bits per heavy atom. The summed E-state index contributed by atoms with van der Waals surface area (Å²) in [5, 5.41) is 0.237. The smallest absolute Gasteiger partial charge is 0.265 e. The Labute approximate surface area is 124 Å². The Morgan fingerprint density at radius 3 is 2.30 bits per heavy atom. The second-order valence-electron chi connectivity index (χ2n) is 4.93. The van der Waals surface area contributed by atoms with E-state index >= 15 is 0 Å². The third-order valence-electron chi connectivity index (χ3n) is 3.74. The van der Waals surface area contributed by atoms with Crippen molar-refractivity contribution in [3.05, 3.63) is 23.4 Å². The van der Waals surface area contributed by atoms with Crippen LogP contribution in [0.25, 0.3) is 0 Å². The van der Waals surface area contributed by atoms with Crippen molar-refractivity contribution in [2.45, 2.75) is 19.8 Å². The van der Waals surface area contributed by atoms with Crippen LogP contribution in [0.4, 0.5) is 0 Å². The van der Waals surface area contributed by atoms with Crippen LogP contribution >= 0.6 is 12.2 Å². The van der Waals surface area contributed by atoms with Gasteiger partial charge in [-0.05, 0) is 44.1 Å². The van der Waals surface area contributed by atoms with Gasteiger partial charge in [0.05, 0.1) is 0 Å². The molecule has 2 amide bonds. The van der Waals surface area contributed by atoms with Crippen LogP contribution in [0.3, 0.4) is 0 Å². The lowest BCUT2D eigenvalue weighted by Gasteiger charge is -2.31. The van der Waals surface area contributed by atoms with E-state index < -0.39 is 0 Å².